The number of hydrogen-bond acceptors (Lipinski definition) is 2. The van der Waals surface area contributed by atoms with Gasteiger partial charge < -0.3 is 4.74 Å². The van der Waals surface area contributed by atoms with Gasteiger partial charge in [0, 0.05) is 0 Å². The summed E-state index contributed by atoms with van der Waals surface area (Å²) in [5.74, 6) is 1.57. The molecule has 0 heterocycles. The van der Waals surface area contributed by atoms with E-state index in [1.54, 1.807) is 6.26 Å². The Morgan fingerprint density at radius 1 is 1.14 bits per heavy atom. The average Bonchev–Trinajstić information content (AvgIpc) is 2.46. The monoisotopic (exact) mass is 295 g/mol. The molecule has 4 fully saturated rings. The topological polar surface area (TPSA) is 33.0 Å². The molecule has 5 rings (SSSR count). The Morgan fingerprint density at radius 2 is 1.91 bits per heavy atom. The first kappa shape index (κ1) is 14.1. The van der Waals surface area contributed by atoms with Gasteiger partial charge in [0.25, 0.3) is 6.26 Å². The zero-order valence-corrected chi connectivity index (χ0v) is 13.7. The van der Waals surface area contributed by atoms with Gasteiger partial charge in [0.2, 0.25) is 0 Å². The highest BCUT2D eigenvalue weighted by Crippen LogP contribution is 2.70. The van der Waals surface area contributed by atoms with Crippen molar-refractivity contribution in [2.45, 2.75) is 64.2 Å². The average molecular weight is 295 g/mol. The molecule has 2 heteroatoms. The molecule has 0 N–H and O–H groups in total. The molecule has 0 aliphatic heterocycles. The molecular formula is C20H25NO. The Kier molecular flexibility index (Phi) is 2.89. The van der Waals surface area contributed by atoms with Crippen LogP contribution in [0.5, 0.6) is 5.75 Å². The number of nitrogens with zero attached hydrogens (tertiary/aromatic N) is 1. The molecule has 0 radical (unpaired) electrons. The van der Waals surface area contributed by atoms with E-state index in [1.807, 2.05) is 12.1 Å². The predicted molar refractivity (Wildman–Crippen MR) is 86.4 cm³/mol. The number of ether oxygens (including phenoxy) is 1. The number of benzene rings is 1. The summed E-state index contributed by atoms with van der Waals surface area (Å²) in [7, 11) is 0. The SMILES string of the molecule is CCC12CC3CC(C)(C1)CC(c1ccc(OC#N)cc1)(C3)C2. The normalized spacial score (nSPS) is 42.1. The maximum Gasteiger partial charge on any atom is 0.292 e. The van der Waals surface area contributed by atoms with E-state index >= 15 is 0 Å². The summed E-state index contributed by atoms with van der Waals surface area (Å²) in [6, 6.07) is 8.37. The summed E-state index contributed by atoms with van der Waals surface area (Å²) >= 11 is 0. The molecule has 1 aromatic rings. The number of rotatable bonds is 3. The van der Waals surface area contributed by atoms with E-state index < -0.39 is 0 Å². The van der Waals surface area contributed by atoms with Crippen molar-refractivity contribution < 1.29 is 4.74 Å². The van der Waals surface area contributed by atoms with Crippen molar-refractivity contribution in [3.63, 3.8) is 0 Å². The van der Waals surface area contributed by atoms with Crippen LogP contribution >= 0.6 is 0 Å². The summed E-state index contributed by atoms with van der Waals surface area (Å²) in [5, 5.41) is 8.65. The molecule has 116 valence electrons. The van der Waals surface area contributed by atoms with Crippen LogP contribution in [0.4, 0.5) is 0 Å². The smallest absolute Gasteiger partial charge is 0.292 e. The second-order valence-electron chi connectivity index (χ2n) is 8.67. The second kappa shape index (κ2) is 4.51. The van der Waals surface area contributed by atoms with E-state index in [4.69, 9.17) is 10.00 Å². The summed E-state index contributed by atoms with van der Waals surface area (Å²) in [6.07, 6.45) is 11.5. The van der Waals surface area contributed by atoms with Crippen LogP contribution in [0.15, 0.2) is 24.3 Å². The van der Waals surface area contributed by atoms with Crippen molar-refractivity contribution >= 4 is 0 Å². The van der Waals surface area contributed by atoms with E-state index in [0.717, 1.165) is 5.92 Å². The molecule has 4 saturated carbocycles. The zero-order chi connectivity index (χ0) is 15.4. The fourth-order valence-corrected chi connectivity index (χ4v) is 6.78. The van der Waals surface area contributed by atoms with Gasteiger partial charge in [-0.05, 0) is 78.4 Å². The highest BCUT2D eigenvalue weighted by Gasteiger charge is 2.61. The Bertz CT molecular complexity index is 630. The van der Waals surface area contributed by atoms with Crippen LogP contribution < -0.4 is 4.74 Å². The number of hydrogen-bond donors (Lipinski definition) is 0. The van der Waals surface area contributed by atoms with E-state index in [-0.39, 0.29) is 0 Å². The maximum atomic E-state index is 8.65. The molecule has 2 nitrogen and oxygen atoms in total. The highest BCUT2D eigenvalue weighted by atomic mass is 16.5. The van der Waals surface area contributed by atoms with Crippen molar-refractivity contribution in [1.29, 1.82) is 5.26 Å². The first-order valence-electron chi connectivity index (χ1n) is 8.67. The van der Waals surface area contributed by atoms with E-state index in [1.165, 1.54) is 50.5 Å². The van der Waals surface area contributed by atoms with Gasteiger partial charge in [0.05, 0.1) is 0 Å². The third-order valence-electron chi connectivity index (χ3n) is 6.84. The second-order valence-corrected chi connectivity index (χ2v) is 8.67. The molecule has 4 unspecified atom stereocenters. The minimum absolute atomic E-state index is 0.370. The van der Waals surface area contributed by atoms with Crippen LogP contribution in [0.1, 0.15) is 64.4 Å². The summed E-state index contributed by atoms with van der Waals surface area (Å²) in [6.45, 7) is 4.93. The molecular weight excluding hydrogens is 270 g/mol. The molecule has 4 atom stereocenters. The van der Waals surface area contributed by atoms with Crippen molar-refractivity contribution in [3.8, 4) is 12.0 Å². The van der Waals surface area contributed by atoms with E-state index in [2.05, 4.69) is 26.0 Å². The van der Waals surface area contributed by atoms with Gasteiger partial charge in [0.1, 0.15) is 5.75 Å². The Balaban J connectivity index is 1.73. The minimum atomic E-state index is 0.370. The van der Waals surface area contributed by atoms with Crippen LogP contribution in [0.25, 0.3) is 0 Å². The lowest BCUT2D eigenvalue weighted by Crippen LogP contribution is -2.57. The maximum absolute atomic E-state index is 8.65. The van der Waals surface area contributed by atoms with Crippen molar-refractivity contribution in [2.75, 3.05) is 0 Å². The molecule has 0 amide bonds. The van der Waals surface area contributed by atoms with Crippen molar-refractivity contribution in [1.82, 2.24) is 0 Å². The molecule has 4 aliphatic rings. The van der Waals surface area contributed by atoms with Crippen LogP contribution in [-0.4, -0.2) is 0 Å². The van der Waals surface area contributed by atoms with Crippen LogP contribution in [0.3, 0.4) is 0 Å². The van der Waals surface area contributed by atoms with Crippen molar-refractivity contribution in [3.05, 3.63) is 29.8 Å². The molecule has 22 heavy (non-hydrogen) atoms. The Morgan fingerprint density at radius 3 is 2.55 bits per heavy atom. The van der Waals surface area contributed by atoms with Gasteiger partial charge >= 0.3 is 0 Å². The quantitative estimate of drug-likeness (QED) is 0.719. The fourth-order valence-electron chi connectivity index (χ4n) is 6.78. The Hall–Kier alpha value is -1.49. The first-order valence-corrected chi connectivity index (χ1v) is 8.67. The molecule has 0 saturated heterocycles. The van der Waals surface area contributed by atoms with Crippen LogP contribution in [0.2, 0.25) is 0 Å². The molecule has 0 aromatic heterocycles. The molecule has 4 bridgehead atoms. The highest BCUT2D eigenvalue weighted by molar-refractivity contribution is 5.36. The summed E-state index contributed by atoms with van der Waals surface area (Å²) < 4.78 is 4.95. The standard InChI is InChI=1S/C20H25NO/c1-3-19-9-15-8-18(2,11-19)12-20(10-15,13-19)16-4-6-17(7-5-16)22-14-21/h4-7,15H,3,8-13H2,1-2H3. The lowest BCUT2D eigenvalue weighted by atomic mass is 9.38. The minimum Gasteiger partial charge on any atom is -0.388 e. The van der Waals surface area contributed by atoms with E-state index in [0.29, 0.717) is 22.0 Å². The fraction of sp³-hybridized carbons (Fsp3) is 0.650. The van der Waals surface area contributed by atoms with Gasteiger partial charge in [-0.15, -0.1) is 5.26 Å². The summed E-state index contributed by atoms with van der Waals surface area (Å²) in [5.41, 5.74) is 2.97. The van der Waals surface area contributed by atoms with Gasteiger partial charge in [0.15, 0.2) is 0 Å². The van der Waals surface area contributed by atoms with E-state index in [9.17, 15) is 0 Å². The van der Waals surface area contributed by atoms with Gasteiger partial charge in [-0.25, -0.2) is 0 Å². The van der Waals surface area contributed by atoms with Gasteiger partial charge in [-0.1, -0.05) is 32.4 Å². The molecule has 4 aliphatic carbocycles. The van der Waals surface area contributed by atoms with Crippen molar-refractivity contribution in [2.24, 2.45) is 16.7 Å². The lowest BCUT2D eigenvalue weighted by Gasteiger charge is -2.66. The summed E-state index contributed by atoms with van der Waals surface area (Å²) in [4.78, 5) is 0. The van der Waals surface area contributed by atoms with Gasteiger partial charge in [-0.2, -0.15) is 0 Å². The lowest BCUT2D eigenvalue weighted by molar-refractivity contribution is -0.120. The van der Waals surface area contributed by atoms with Crippen LogP contribution in [-0.2, 0) is 5.41 Å². The van der Waals surface area contributed by atoms with Crippen LogP contribution in [0, 0.1) is 28.3 Å². The first-order chi connectivity index (χ1) is 10.5. The third-order valence-corrected chi connectivity index (χ3v) is 6.84. The molecule has 1 aromatic carbocycles. The Labute approximate surface area is 133 Å². The molecule has 0 spiro atoms. The largest absolute Gasteiger partial charge is 0.388 e. The van der Waals surface area contributed by atoms with Gasteiger partial charge in [-0.3, -0.25) is 0 Å². The number of nitriles is 1. The zero-order valence-electron chi connectivity index (χ0n) is 13.7. The predicted octanol–water partition coefficient (Wildman–Crippen LogP) is 5.18. The third kappa shape index (κ3) is 1.98.